The summed E-state index contributed by atoms with van der Waals surface area (Å²) in [5, 5.41) is 0. The minimum Gasteiger partial charge on any atom is -0.310 e. The lowest BCUT2D eigenvalue weighted by Gasteiger charge is -2.28. The van der Waals surface area contributed by atoms with Crippen LogP contribution in [0.4, 0.5) is 17.1 Å². The molecule has 0 N–H and O–H groups in total. The molecular formula is C42H35N. The third-order valence-electron chi connectivity index (χ3n) is 9.86. The molecule has 0 unspecified atom stereocenters. The lowest BCUT2D eigenvalue weighted by atomic mass is 9.80. The number of anilines is 3. The van der Waals surface area contributed by atoms with Gasteiger partial charge in [-0.05, 0) is 104 Å². The molecule has 6 aromatic rings. The predicted octanol–water partition coefficient (Wildman–Crippen LogP) is 11.4. The Labute approximate surface area is 255 Å². The second-order valence-electron chi connectivity index (χ2n) is 13.1. The molecule has 1 nitrogen and oxygen atoms in total. The zero-order valence-corrected chi connectivity index (χ0v) is 25.2. The van der Waals surface area contributed by atoms with Crippen molar-refractivity contribution in [3.8, 4) is 33.4 Å². The van der Waals surface area contributed by atoms with E-state index in [1.807, 2.05) is 0 Å². The highest BCUT2D eigenvalue weighted by Crippen LogP contribution is 2.53. The summed E-state index contributed by atoms with van der Waals surface area (Å²) in [6.45, 7) is 9.47. The van der Waals surface area contributed by atoms with E-state index in [9.17, 15) is 0 Å². The average molecular weight is 554 g/mol. The Morgan fingerprint density at radius 1 is 0.349 bits per heavy atom. The summed E-state index contributed by atoms with van der Waals surface area (Å²) in [6.07, 6.45) is 0. The molecule has 0 saturated carbocycles. The molecule has 2 aliphatic rings. The zero-order valence-electron chi connectivity index (χ0n) is 25.2. The quantitative estimate of drug-likeness (QED) is 0.210. The molecule has 0 atom stereocenters. The van der Waals surface area contributed by atoms with E-state index < -0.39 is 0 Å². The Morgan fingerprint density at radius 3 is 1.33 bits per heavy atom. The topological polar surface area (TPSA) is 3.24 Å². The Balaban J connectivity index is 1.21. The minimum atomic E-state index is -0.123. The third kappa shape index (κ3) is 3.85. The van der Waals surface area contributed by atoms with Crippen LogP contribution in [-0.4, -0.2) is 0 Å². The number of para-hydroxylation sites is 2. The lowest BCUT2D eigenvalue weighted by Crippen LogP contribution is -2.16. The Morgan fingerprint density at radius 2 is 0.767 bits per heavy atom. The summed E-state index contributed by atoms with van der Waals surface area (Å²) in [6, 6.07) is 51.4. The first-order valence-corrected chi connectivity index (χ1v) is 15.3. The molecule has 2 aliphatic carbocycles. The van der Waals surface area contributed by atoms with E-state index in [-0.39, 0.29) is 10.8 Å². The van der Waals surface area contributed by atoms with Crippen molar-refractivity contribution in [1.82, 2.24) is 0 Å². The van der Waals surface area contributed by atoms with Crippen molar-refractivity contribution in [2.75, 3.05) is 4.90 Å². The molecule has 1 heteroatoms. The van der Waals surface area contributed by atoms with Gasteiger partial charge in [-0.3, -0.25) is 0 Å². The average Bonchev–Trinajstić information content (AvgIpc) is 3.41. The van der Waals surface area contributed by atoms with Gasteiger partial charge in [-0.2, -0.15) is 0 Å². The number of hydrogen-bond acceptors (Lipinski definition) is 1. The summed E-state index contributed by atoms with van der Waals surface area (Å²) in [4.78, 5) is 2.36. The fourth-order valence-electron chi connectivity index (χ4n) is 7.53. The lowest BCUT2D eigenvalue weighted by molar-refractivity contribution is 0.659. The first-order chi connectivity index (χ1) is 20.8. The van der Waals surface area contributed by atoms with Gasteiger partial charge in [0.05, 0.1) is 0 Å². The van der Waals surface area contributed by atoms with Gasteiger partial charge in [-0.15, -0.1) is 0 Å². The summed E-state index contributed by atoms with van der Waals surface area (Å²) >= 11 is 0. The van der Waals surface area contributed by atoms with Crippen LogP contribution in [0.2, 0.25) is 0 Å². The van der Waals surface area contributed by atoms with Gasteiger partial charge >= 0.3 is 0 Å². The largest absolute Gasteiger partial charge is 0.310 e. The summed E-state index contributed by atoms with van der Waals surface area (Å²) in [7, 11) is 0. The monoisotopic (exact) mass is 553 g/mol. The van der Waals surface area contributed by atoms with E-state index in [2.05, 4.69) is 172 Å². The van der Waals surface area contributed by atoms with Crippen LogP contribution in [-0.2, 0) is 10.8 Å². The number of benzene rings is 6. The molecule has 6 aromatic carbocycles. The van der Waals surface area contributed by atoms with Gasteiger partial charge in [0.25, 0.3) is 0 Å². The van der Waals surface area contributed by atoms with Crippen molar-refractivity contribution < 1.29 is 0 Å². The highest BCUT2D eigenvalue weighted by Gasteiger charge is 2.37. The highest BCUT2D eigenvalue weighted by molar-refractivity contribution is 5.88. The standard InChI is InChI=1S/C42H35N/c1-41(2)37-18-12-11-17-33(37)34-22-19-28(25-38(34)41)29-20-23-35-36-24-21-32(27-40(36)42(3,4)39(35)26-29)43(30-13-7-5-8-14-30)31-15-9-6-10-16-31/h5-27H,1-4H3. The molecule has 0 fully saturated rings. The van der Waals surface area contributed by atoms with Crippen LogP contribution >= 0.6 is 0 Å². The smallest absolute Gasteiger partial charge is 0.0465 e. The Bertz CT molecular complexity index is 1980. The molecule has 0 saturated heterocycles. The number of hydrogen-bond donors (Lipinski definition) is 0. The van der Waals surface area contributed by atoms with Crippen molar-refractivity contribution in [3.05, 3.63) is 162 Å². The SMILES string of the molecule is CC1(C)c2ccccc2-c2ccc(-c3ccc4c(c3)C(C)(C)c3cc(N(c5ccccc5)c5ccccc5)ccc3-4)cc21. The summed E-state index contributed by atoms with van der Waals surface area (Å²) < 4.78 is 0. The predicted molar refractivity (Wildman–Crippen MR) is 182 cm³/mol. The van der Waals surface area contributed by atoms with E-state index in [1.165, 1.54) is 61.3 Å². The van der Waals surface area contributed by atoms with E-state index in [0.717, 1.165) is 11.4 Å². The molecule has 0 aliphatic heterocycles. The summed E-state index contributed by atoms with van der Waals surface area (Å²) in [5.41, 5.74) is 17.0. The first kappa shape index (κ1) is 25.8. The Kier molecular flexibility index (Phi) is 5.59. The van der Waals surface area contributed by atoms with Gasteiger partial charge in [0.15, 0.2) is 0 Å². The highest BCUT2D eigenvalue weighted by atomic mass is 15.1. The minimum absolute atomic E-state index is 0.00600. The second kappa shape index (κ2) is 9.31. The maximum atomic E-state index is 2.44. The van der Waals surface area contributed by atoms with Crippen LogP contribution in [0.3, 0.4) is 0 Å². The van der Waals surface area contributed by atoms with Gasteiger partial charge in [0.1, 0.15) is 0 Å². The van der Waals surface area contributed by atoms with Gasteiger partial charge in [-0.25, -0.2) is 0 Å². The van der Waals surface area contributed by atoms with Crippen LogP contribution in [0.1, 0.15) is 49.9 Å². The molecule has 0 spiro atoms. The first-order valence-electron chi connectivity index (χ1n) is 15.3. The molecule has 0 heterocycles. The van der Waals surface area contributed by atoms with Gasteiger partial charge in [-0.1, -0.05) is 119 Å². The van der Waals surface area contributed by atoms with Crippen LogP contribution in [0.5, 0.6) is 0 Å². The molecule has 0 radical (unpaired) electrons. The number of nitrogens with zero attached hydrogens (tertiary/aromatic N) is 1. The number of fused-ring (bicyclic) bond motifs is 6. The van der Waals surface area contributed by atoms with Gasteiger partial charge in [0, 0.05) is 27.9 Å². The van der Waals surface area contributed by atoms with E-state index in [4.69, 9.17) is 0 Å². The summed E-state index contributed by atoms with van der Waals surface area (Å²) in [5.74, 6) is 0. The molecular weight excluding hydrogens is 518 g/mol. The van der Waals surface area contributed by atoms with Crippen LogP contribution in [0.15, 0.2) is 140 Å². The van der Waals surface area contributed by atoms with Crippen LogP contribution < -0.4 is 4.90 Å². The zero-order chi connectivity index (χ0) is 29.3. The molecule has 0 bridgehead atoms. The maximum Gasteiger partial charge on any atom is 0.0465 e. The third-order valence-corrected chi connectivity index (χ3v) is 9.86. The van der Waals surface area contributed by atoms with Crippen molar-refractivity contribution >= 4 is 17.1 Å². The molecule has 0 aromatic heterocycles. The van der Waals surface area contributed by atoms with E-state index >= 15 is 0 Å². The second-order valence-corrected chi connectivity index (χ2v) is 13.1. The van der Waals surface area contributed by atoms with Crippen LogP contribution in [0.25, 0.3) is 33.4 Å². The molecule has 43 heavy (non-hydrogen) atoms. The van der Waals surface area contributed by atoms with E-state index in [1.54, 1.807) is 0 Å². The van der Waals surface area contributed by atoms with E-state index in [0.29, 0.717) is 0 Å². The van der Waals surface area contributed by atoms with Gasteiger partial charge in [0.2, 0.25) is 0 Å². The van der Waals surface area contributed by atoms with Crippen molar-refractivity contribution in [1.29, 1.82) is 0 Å². The normalized spacial score (nSPS) is 14.9. The Hall–Kier alpha value is -4.88. The van der Waals surface area contributed by atoms with Gasteiger partial charge < -0.3 is 4.90 Å². The molecule has 208 valence electrons. The number of rotatable bonds is 4. The fourth-order valence-corrected chi connectivity index (χ4v) is 7.53. The van der Waals surface area contributed by atoms with Crippen molar-refractivity contribution in [2.45, 2.75) is 38.5 Å². The fraction of sp³-hybridized carbons (Fsp3) is 0.143. The molecule has 8 rings (SSSR count). The van der Waals surface area contributed by atoms with Crippen molar-refractivity contribution in [3.63, 3.8) is 0 Å². The van der Waals surface area contributed by atoms with Crippen molar-refractivity contribution in [2.24, 2.45) is 0 Å². The van der Waals surface area contributed by atoms with Crippen LogP contribution in [0, 0.1) is 0 Å². The molecule has 0 amide bonds. The maximum absolute atomic E-state index is 2.44.